The van der Waals surface area contributed by atoms with Crippen molar-refractivity contribution in [3.8, 4) is 0 Å². The first-order valence-corrected chi connectivity index (χ1v) is 5.47. The van der Waals surface area contributed by atoms with Crippen LogP contribution in [0.5, 0.6) is 0 Å². The van der Waals surface area contributed by atoms with Crippen LogP contribution in [0.2, 0.25) is 5.22 Å². The fourth-order valence-electron chi connectivity index (χ4n) is 1.33. The van der Waals surface area contributed by atoms with Gasteiger partial charge in [0.2, 0.25) is 0 Å². The molecule has 0 spiro atoms. The SMILES string of the molecule is CCCN(C/C(N)=N/O)C(=O)c1ccc(Cl)o1. The summed E-state index contributed by atoms with van der Waals surface area (Å²) in [5.74, 6) is -0.246. The number of nitrogens with zero attached hydrogens (tertiary/aromatic N) is 2. The molecule has 1 heterocycles. The smallest absolute Gasteiger partial charge is 0.290 e. The lowest BCUT2D eigenvalue weighted by molar-refractivity contribution is 0.0746. The van der Waals surface area contributed by atoms with E-state index >= 15 is 0 Å². The number of amidine groups is 1. The van der Waals surface area contributed by atoms with Gasteiger partial charge in [0.15, 0.2) is 16.8 Å². The maximum Gasteiger partial charge on any atom is 0.290 e. The average molecular weight is 260 g/mol. The molecule has 0 saturated carbocycles. The van der Waals surface area contributed by atoms with E-state index in [1.54, 1.807) is 0 Å². The topological polar surface area (TPSA) is 92.1 Å². The van der Waals surface area contributed by atoms with E-state index < -0.39 is 0 Å². The Morgan fingerprint density at radius 2 is 2.35 bits per heavy atom. The molecule has 0 aromatic carbocycles. The highest BCUT2D eigenvalue weighted by molar-refractivity contribution is 6.29. The van der Waals surface area contributed by atoms with Crippen LogP contribution in [0, 0.1) is 0 Å². The Labute approximate surface area is 104 Å². The summed E-state index contributed by atoms with van der Waals surface area (Å²) in [7, 11) is 0. The van der Waals surface area contributed by atoms with Crippen LogP contribution < -0.4 is 5.73 Å². The van der Waals surface area contributed by atoms with E-state index in [0.717, 1.165) is 6.42 Å². The number of amides is 1. The molecular formula is C10H14ClN3O3. The van der Waals surface area contributed by atoms with Crippen LogP contribution in [-0.2, 0) is 0 Å². The van der Waals surface area contributed by atoms with Gasteiger partial charge in [-0.3, -0.25) is 4.79 Å². The Bertz CT molecular complexity index is 417. The van der Waals surface area contributed by atoms with Gasteiger partial charge in [-0.25, -0.2) is 0 Å². The van der Waals surface area contributed by atoms with Gasteiger partial charge < -0.3 is 20.3 Å². The van der Waals surface area contributed by atoms with E-state index in [9.17, 15) is 4.79 Å². The zero-order valence-electron chi connectivity index (χ0n) is 9.39. The second-order valence-electron chi connectivity index (χ2n) is 3.42. The second kappa shape index (κ2) is 6.15. The van der Waals surface area contributed by atoms with Crippen molar-refractivity contribution in [1.82, 2.24) is 4.90 Å². The third kappa shape index (κ3) is 3.67. The van der Waals surface area contributed by atoms with E-state index in [0.29, 0.717) is 6.54 Å². The maximum absolute atomic E-state index is 12.0. The quantitative estimate of drug-likeness (QED) is 0.363. The van der Waals surface area contributed by atoms with Crippen molar-refractivity contribution in [3.63, 3.8) is 0 Å². The van der Waals surface area contributed by atoms with E-state index in [4.69, 9.17) is 27.0 Å². The van der Waals surface area contributed by atoms with Crippen molar-refractivity contribution in [3.05, 3.63) is 23.1 Å². The van der Waals surface area contributed by atoms with Crippen molar-refractivity contribution < 1.29 is 14.4 Å². The van der Waals surface area contributed by atoms with Crippen molar-refractivity contribution >= 4 is 23.3 Å². The van der Waals surface area contributed by atoms with Crippen LogP contribution in [0.4, 0.5) is 0 Å². The minimum absolute atomic E-state index is 0.0375. The Morgan fingerprint density at radius 3 is 2.82 bits per heavy atom. The van der Waals surface area contributed by atoms with E-state index in [1.807, 2.05) is 6.92 Å². The molecule has 0 radical (unpaired) electrons. The third-order valence-corrected chi connectivity index (χ3v) is 2.25. The zero-order valence-corrected chi connectivity index (χ0v) is 10.1. The molecule has 94 valence electrons. The molecule has 1 aromatic heterocycles. The Hall–Kier alpha value is -1.69. The molecule has 1 amide bonds. The number of oxime groups is 1. The van der Waals surface area contributed by atoms with Crippen LogP contribution in [0.15, 0.2) is 21.7 Å². The molecule has 6 nitrogen and oxygen atoms in total. The van der Waals surface area contributed by atoms with Crippen LogP contribution in [0.3, 0.4) is 0 Å². The van der Waals surface area contributed by atoms with Gasteiger partial charge in [-0.2, -0.15) is 0 Å². The van der Waals surface area contributed by atoms with Crippen LogP contribution >= 0.6 is 11.6 Å². The van der Waals surface area contributed by atoms with E-state index in [-0.39, 0.29) is 29.3 Å². The molecule has 0 saturated heterocycles. The number of halogens is 1. The number of carbonyl (C=O) groups excluding carboxylic acids is 1. The fourth-order valence-corrected chi connectivity index (χ4v) is 1.48. The van der Waals surface area contributed by atoms with E-state index in [1.165, 1.54) is 17.0 Å². The second-order valence-corrected chi connectivity index (χ2v) is 3.79. The number of carbonyl (C=O) groups is 1. The molecule has 3 N–H and O–H groups in total. The summed E-state index contributed by atoms with van der Waals surface area (Å²) in [6, 6.07) is 2.97. The van der Waals surface area contributed by atoms with Crippen LogP contribution in [-0.4, -0.2) is 34.9 Å². The molecule has 0 aliphatic heterocycles. The monoisotopic (exact) mass is 259 g/mol. The Kier molecular flexibility index (Phi) is 4.84. The third-order valence-electron chi connectivity index (χ3n) is 2.05. The van der Waals surface area contributed by atoms with Crippen LogP contribution in [0.1, 0.15) is 23.9 Å². The number of hydrogen-bond donors (Lipinski definition) is 2. The molecule has 0 aliphatic carbocycles. The van der Waals surface area contributed by atoms with Gasteiger partial charge in [0, 0.05) is 6.54 Å². The first-order valence-electron chi connectivity index (χ1n) is 5.09. The zero-order chi connectivity index (χ0) is 12.8. The molecule has 0 bridgehead atoms. The molecule has 1 rings (SSSR count). The maximum atomic E-state index is 12.0. The predicted molar refractivity (Wildman–Crippen MR) is 63.3 cm³/mol. The Morgan fingerprint density at radius 1 is 1.65 bits per heavy atom. The van der Waals surface area contributed by atoms with Crippen LogP contribution in [0.25, 0.3) is 0 Å². The number of rotatable bonds is 5. The number of nitrogens with two attached hydrogens (primary N) is 1. The summed E-state index contributed by atoms with van der Waals surface area (Å²) in [5, 5.41) is 11.5. The molecule has 0 atom stereocenters. The molecule has 17 heavy (non-hydrogen) atoms. The van der Waals surface area contributed by atoms with Gasteiger partial charge in [0.1, 0.15) is 0 Å². The number of hydrogen-bond acceptors (Lipinski definition) is 4. The highest BCUT2D eigenvalue weighted by Gasteiger charge is 2.19. The minimum atomic E-state index is -0.342. The fraction of sp³-hybridized carbons (Fsp3) is 0.400. The summed E-state index contributed by atoms with van der Waals surface area (Å²) >= 11 is 5.59. The molecule has 0 unspecified atom stereocenters. The van der Waals surface area contributed by atoms with Crippen molar-refractivity contribution in [2.75, 3.05) is 13.1 Å². The summed E-state index contributed by atoms with van der Waals surface area (Å²) in [6.45, 7) is 2.44. The summed E-state index contributed by atoms with van der Waals surface area (Å²) in [6.07, 6.45) is 0.749. The van der Waals surface area contributed by atoms with Gasteiger partial charge in [-0.05, 0) is 30.2 Å². The Balaban J connectivity index is 2.80. The minimum Gasteiger partial charge on any atom is -0.440 e. The van der Waals surface area contributed by atoms with Crippen molar-refractivity contribution in [2.24, 2.45) is 10.9 Å². The summed E-state index contributed by atoms with van der Waals surface area (Å²) in [4.78, 5) is 13.4. The van der Waals surface area contributed by atoms with E-state index in [2.05, 4.69) is 5.16 Å². The molecule has 0 aliphatic rings. The summed E-state index contributed by atoms with van der Waals surface area (Å²) < 4.78 is 5.02. The van der Waals surface area contributed by atoms with Gasteiger partial charge in [0.25, 0.3) is 5.91 Å². The van der Waals surface area contributed by atoms with Gasteiger partial charge >= 0.3 is 0 Å². The summed E-state index contributed by atoms with van der Waals surface area (Å²) in [5.41, 5.74) is 5.37. The molecular weight excluding hydrogens is 246 g/mol. The number of furan rings is 1. The standard InChI is InChI=1S/C10H14ClN3O3/c1-2-5-14(6-9(12)13-16)10(15)7-3-4-8(11)17-7/h3-4,16H,2,5-6H2,1H3,(H2,12,13). The lowest BCUT2D eigenvalue weighted by atomic mass is 10.3. The lowest BCUT2D eigenvalue weighted by Gasteiger charge is -2.19. The average Bonchev–Trinajstić information content (AvgIpc) is 2.74. The first-order chi connectivity index (χ1) is 8.08. The van der Waals surface area contributed by atoms with Crippen molar-refractivity contribution in [2.45, 2.75) is 13.3 Å². The van der Waals surface area contributed by atoms with Gasteiger partial charge in [-0.15, -0.1) is 0 Å². The van der Waals surface area contributed by atoms with Gasteiger partial charge in [0.05, 0.1) is 6.54 Å². The van der Waals surface area contributed by atoms with Crippen molar-refractivity contribution in [1.29, 1.82) is 0 Å². The van der Waals surface area contributed by atoms with Gasteiger partial charge in [-0.1, -0.05) is 12.1 Å². The largest absolute Gasteiger partial charge is 0.440 e. The predicted octanol–water partition coefficient (Wildman–Crippen LogP) is 1.53. The lowest BCUT2D eigenvalue weighted by Crippen LogP contribution is -2.38. The molecule has 1 aromatic rings. The highest BCUT2D eigenvalue weighted by atomic mass is 35.5. The normalized spacial score (nSPS) is 11.5. The molecule has 0 fully saturated rings. The first kappa shape index (κ1) is 13.4. The highest BCUT2D eigenvalue weighted by Crippen LogP contribution is 2.15. The molecule has 7 heteroatoms.